The van der Waals surface area contributed by atoms with Gasteiger partial charge < -0.3 is 16.2 Å². The largest absolute Gasteiger partial charge is 0.489 e. The van der Waals surface area contributed by atoms with Crippen molar-refractivity contribution in [1.82, 2.24) is 0 Å². The number of hydrogen-bond acceptors (Lipinski definition) is 3. The van der Waals surface area contributed by atoms with Crippen LogP contribution in [0.5, 0.6) is 5.75 Å². The van der Waals surface area contributed by atoms with Crippen LogP contribution in [0.4, 0.5) is 8.78 Å². The number of halogens is 2. The molecule has 0 heterocycles. The van der Waals surface area contributed by atoms with Gasteiger partial charge in [0.05, 0.1) is 6.21 Å². The van der Waals surface area contributed by atoms with E-state index in [9.17, 15) is 8.78 Å². The highest BCUT2D eigenvalue weighted by atomic mass is 19.2. The summed E-state index contributed by atoms with van der Waals surface area (Å²) >= 11 is 0. The van der Waals surface area contributed by atoms with Crippen LogP contribution in [0.25, 0.3) is 0 Å². The molecule has 0 atom stereocenters. The molecule has 2 rings (SSSR count). The Hall–Kier alpha value is -2.96. The number of hydrogen-bond donors (Lipinski definition) is 2. The molecular formula is C15H14F2N4O. The van der Waals surface area contributed by atoms with E-state index in [0.717, 1.165) is 17.7 Å². The Labute approximate surface area is 125 Å². The summed E-state index contributed by atoms with van der Waals surface area (Å²) in [5.41, 5.74) is 11.6. The summed E-state index contributed by atoms with van der Waals surface area (Å²) in [6, 6.07) is 10.6. The monoisotopic (exact) mass is 304 g/mol. The predicted molar refractivity (Wildman–Crippen MR) is 80.5 cm³/mol. The van der Waals surface area contributed by atoms with E-state index in [4.69, 9.17) is 16.2 Å². The molecule has 5 nitrogen and oxygen atoms in total. The van der Waals surface area contributed by atoms with Gasteiger partial charge in [-0.3, -0.25) is 0 Å². The minimum absolute atomic E-state index is 0.117. The fourth-order valence-electron chi connectivity index (χ4n) is 1.64. The summed E-state index contributed by atoms with van der Waals surface area (Å²) in [5.74, 6) is -1.37. The van der Waals surface area contributed by atoms with Gasteiger partial charge >= 0.3 is 0 Å². The third-order valence-corrected chi connectivity index (χ3v) is 2.63. The summed E-state index contributed by atoms with van der Waals surface area (Å²) in [4.78, 5) is 0. The predicted octanol–water partition coefficient (Wildman–Crippen LogP) is 2.15. The molecule has 0 aliphatic heterocycles. The maximum atomic E-state index is 13.1. The first-order valence-electron chi connectivity index (χ1n) is 6.33. The Kier molecular flexibility index (Phi) is 5.02. The van der Waals surface area contributed by atoms with Crippen LogP contribution in [0, 0.1) is 11.6 Å². The Morgan fingerprint density at radius 1 is 1.09 bits per heavy atom. The molecule has 0 saturated carbocycles. The molecule has 0 radical (unpaired) electrons. The van der Waals surface area contributed by atoms with Gasteiger partial charge in [0.1, 0.15) is 12.4 Å². The third kappa shape index (κ3) is 4.55. The molecule has 22 heavy (non-hydrogen) atoms. The van der Waals surface area contributed by atoms with Crippen LogP contribution in [0.3, 0.4) is 0 Å². The quantitative estimate of drug-likeness (QED) is 0.504. The summed E-state index contributed by atoms with van der Waals surface area (Å²) in [7, 11) is 0. The molecule has 0 unspecified atom stereocenters. The normalized spacial score (nSPS) is 10.6. The van der Waals surface area contributed by atoms with Crippen LogP contribution in [0.1, 0.15) is 11.1 Å². The van der Waals surface area contributed by atoms with Crippen molar-refractivity contribution in [1.29, 1.82) is 0 Å². The highest BCUT2D eigenvalue weighted by Gasteiger charge is 2.03. The fraction of sp³-hybridized carbons (Fsp3) is 0.0667. The second kappa shape index (κ2) is 7.16. The van der Waals surface area contributed by atoms with Crippen molar-refractivity contribution in [2.75, 3.05) is 0 Å². The van der Waals surface area contributed by atoms with Gasteiger partial charge in [0.15, 0.2) is 11.6 Å². The van der Waals surface area contributed by atoms with Crippen LogP contribution in [-0.2, 0) is 6.61 Å². The maximum absolute atomic E-state index is 13.1. The van der Waals surface area contributed by atoms with Crippen molar-refractivity contribution in [2.45, 2.75) is 6.61 Å². The molecule has 0 saturated heterocycles. The Bertz CT molecular complexity index is 712. The van der Waals surface area contributed by atoms with Crippen molar-refractivity contribution in [3.05, 3.63) is 65.2 Å². The first-order valence-corrected chi connectivity index (χ1v) is 6.33. The van der Waals surface area contributed by atoms with E-state index in [1.54, 1.807) is 24.3 Å². The lowest BCUT2D eigenvalue weighted by atomic mass is 10.2. The second-order valence-corrected chi connectivity index (χ2v) is 4.38. The zero-order valence-electron chi connectivity index (χ0n) is 11.5. The van der Waals surface area contributed by atoms with Crippen LogP contribution in [0.2, 0.25) is 0 Å². The highest BCUT2D eigenvalue weighted by Crippen LogP contribution is 2.15. The van der Waals surface area contributed by atoms with Crippen LogP contribution in [0.15, 0.2) is 52.7 Å². The van der Waals surface area contributed by atoms with Crippen LogP contribution >= 0.6 is 0 Å². The molecule has 0 aliphatic carbocycles. The zero-order chi connectivity index (χ0) is 15.9. The molecule has 0 amide bonds. The van der Waals surface area contributed by atoms with E-state index < -0.39 is 11.6 Å². The average Bonchev–Trinajstić information content (AvgIpc) is 2.49. The molecule has 2 aromatic rings. The van der Waals surface area contributed by atoms with Crippen molar-refractivity contribution in [2.24, 2.45) is 21.7 Å². The van der Waals surface area contributed by atoms with Gasteiger partial charge in [-0.05, 0) is 35.4 Å². The van der Waals surface area contributed by atoms with Gasteiger partial charge in [-0.1, -0.05) is 18.2 Å². The molecule has 7 heteroatoms. The SMILES string of the molecule is NC(N)=NN=Cc1cccc(OCc2ccc(F)c(F)c2)c1. The molecular weight excluding hydrogens is 290 g/mol. The second-order valence-electron chi connectivity index (χ2n) is 4.38. The Balaban J connectivity index is 2.02. The third-order valence-electron chi connectivity index (χ3n) is 2.63. The Morgan fingerprint density at radius 2 is 1.91 bits per heavy atom. The summed E-state index contributed by atoms with van der Waals surface area (Å²) in [6.45, 7) is 0.117. The van der Waals surface area contributed by atoms with Gasteiger partial charge in [0.2, 0.25) is 5.96 Å². The number of nitrogens with two attached hydrogens (primary N) is 2. The van der Waals surface area contributed by atoms with Gasteiger partial charge in [-0.25, -0.2) is 8.78 Å². The smallest absolute Gasteiger partial charge is 0.211 e. The van der Waals surface area contributed by atoms with E-state index in [2.05, 4.69) is 10.2 Å². The summed E-state index contributed by atoms with van der Waals surface area (Å²) in [5, 5.41) is 7.17. The van der Waals surface area contributed by atoms with E-state index >= 15 is 0 Å². The van der Waals surface area contributed by atoms with Crippen molar-refractivity contribution in [3.8, 4) is 5.75 Å². The number of benzene rings is 2. The van der Waals surface area contributed by atoms with Crippen molar-refractivity contribution in [3.63, 3.8) is 0 Å². The fourth-order valence-corrected chi connectivity index (χ4v) is 1.64. The molecule has 2 aromatic carbocycles. The lowest BCUT2D eigenvalue weighted by Gasteiger charge is -2.07. The van der Waals surface area contributed by atoms with Crippen molar-refractivity contribution < 1.29 is 13.5 Å². The molecule has 0 fully saturated rings. The van der Waals surface area contributed by atoms with Crippen molar-refractivity contribution >= 4 is 12.2 Å². The summed E-state index contributed by atoms with van der Waals surface area (Å²) in [6.07, 6.45) is 1.46. The maximum Gasteiger partial charge on any atom is 0.211 e. The zero-order valence-corrected chi connectivity index (χ0v) is 11.5. The molecule has 0 spiro atoms. The van der Waals surface area contributed by atoms with E-state index in [0.29, 0.717) is 11.3 Å². The molecule has 4 N–H and O–H groups in total. The Morgan fingerprint density at radius 3 is 2.64 bits per heavy atom. The topological polar surface area (TPSA) is 86.0 Å². The lowest BCUT2D eigenvalue weighted by molar-refractivity contribution is 0.305. The first-order chi connectivity index (χ1) is 10.5. The standard InChI is InChI=1S/C15H14F2N4O/c16-13-5-4-11(7-14(13)17)9-22-12-3-1-2-10(6-12)8-20-21-15(18)19/h1-8H,9H2,(H4,18,19,21). The number of rotatable bonds is 5. The van der Waals surface area contributed by atoms with E-state index in [1.807, 2.05) is 0 Å². The number of nitrogens with zero attached hydrogens (tertiary/aromatic N) is 2. The molecule has 0 bridgehead atoms. The van der Waals surface area contributed by atoms with Gasteiger partial charge in [0, 0.05) is 0 Å². The highest BCUT2D eigenvalue weighted by molar-refractivity contribution is 5.81. The molecule has 114 valence electrons. The molecule has 0 aromatic heterocycles. The van der Waals surface area contributed by atoms with Gasteiger partial charge in [0.25, 0.3) is 0 Å². The molecule has 0 aliphatic rings. The summed E-state index contributed by atoms with van der Waals surface area (Å²) < 4.78 is 31.4. The number of guanidine groups is 1. The minimum Gasteiger partial charge on any atom is -0.489 e. The lowest BCUT2D eigenvalue weighted by Crippen LogP contribution is -2.21. The van der Waals surface area contributed by atoms with Crippen LogP contribution < -0.4 is 16.2 Å². The van der Waals surface area contributed by atoms with Gasteiger partial charge in [-0.15, -0.1) is 5.10 Å². The average molecular weight is 304 g/mol. The van der Waals surface area contributed by atoms with E-state index in [-0.39, 0.29) is 12.6 Å². The van der Waals surface area contributed by atoms with E-state index in [1.165, 1.54) is 12.3 Å². The van der Waals surface area contributed by atoms with Crippen LogP contribution in [-0.4, -0.2) is 12.2 Å². The minimum atomic E-state index is -0.904. The number of ether oxygens (including phenoxy) is 1. The van der Waals surface area contributed by atoms with Gasteiger partial charge in [-0.2, -0.15) is 5.10 Å². The first kappa shape index (κ1) is 15.4.